The quantitative estimate of drug-likeness (QED) is 0.00719. The van der Waals surface area contributed by atoms with Crippen molar-refractivity contribution in [2.75, 3.05) is 81.8 Å². The van der Waals surface area contributed by atoms with Crippen molar-refractivity contribution < 1.29 is 37.4 Å². The molecule has 2 aliphatic heterocycles. The molecule has 496 valence electrons. The topological polar surface area (TPSA) is 198 Å². The zero-order valence-electron chi connectivity index (χ0n) is 56.7. The summed E-state index contributed by atoms with van der Waals surface area (Å²) in [4.78, 5) is 69.7. The number of nitrogens with one attached hydrogen (secondary N) is 5. The van der Waals surface area contributed by atoms with E-state index in [1.165, 1.54) is 44.7 Å². The first-order valence-corrected chi connectivity index (χ1v) is 36.9. The highest BCUT2D eigenvalue weighted by molar-refractivity contribution is 8.76. The van der Waals surface area contributed by atoms with Gasteiger partial charge in [-0.2, -0.15) is 14.8 Å². The Bertz CT molecular complexity index is 3290. The molecule has 0 saturated carbocycles. The Morgan fingerprint density at radius 1 is 0.728 bits per heavy atom. The number of benzene rings is 4. The minimum atomic E-state index is -2.94. The van der Waals surface area contributed by atoms with Crippen molar-refractivity contribution in [2.45, 2.75) is 161 Å². The molecular formula is C72H101N10O7S2Si+. The average Bonchev–Trinajstić information content (AvgIpc) is 1.60. The predicted octanol–water partition coefficient (Wildman–Crippen LogP) is 13.3. The summed E-state index contributed by atoms with van der Waals surface area (Å²) in [6.07, 6.45) is 17.1. The second kappa shape index (κ2) is 35.3. The van der Waals surface area contributed by atoms with Crippen molar-refractivity contribution in [2.24, 2.45) is 10.2 Å². The first kappa shape index (κ1) is 74.0. The van der Waals surface area contributed by atoms with Gasteiger partial charge in [-0.1, -0.05) is 112 Å². The number of para-hydroxylation sites is 2. The zero-order chi connectivity index (χ0) is 67.1. The molecule has 0 saturated heterocycles. The van der Waals surface area contributed by atoms with Crippen molar-refractivity contribution >= 4 is 93.8 Å². The van der Waals surface area contributed by atoms with Crippen molar-refractivity contribution in [3.63, 3.8) is 0 Å². The molecule has 0 radical (unpaired) electrons. The summed E-state index contributed by atoms with van der Waals surface area (Å²) >= 11 is 0. The van der Waals surface area contributed by atoms with Gasteiger partial charge >= 0.3 is 8.56 Å². The van der Waals surface area contributed by atoms with Crippen LogP contribution in [0.2, 0.25) is 11.1 Å². The van der Waals surface area contributed by atoms with Gasteiger partial charge in [-0.05, 0) is 137 Å². The second-order valence-electron chi connectivity index (χ2n) is 26.1. The van der Waals surface area contributed by atoms with E-state index >= 15 is 0 Å². The van der Waals surface area contributed by atoms with Gasteiger partial charge in [-0.3, -0.25) is 24.0 Å². The van der Waals surface area contributed by atoms with E-state index in [4.69, 9.17) is 15.3 Å². The highest BCUT2D eigenvalue weighted by Crippen LogP contribution is 2.47. The second-order valence-corrected chi connectivity index (χ2v) is 33.0. The molecule has 4 aromatic carbocycles. The SMILES string of the molecule is C#CCNC(=O)C(CCCCNC(=O)CC(C)(C)O[Si](OCCNC(=O)CCCCC[N+]1=C(/C=C/C=C2/N(C)c3ccccc3C2(C)C)C(C)(C)c2ccccc21)(C(C)C)C(C)C)NC(=O)CCSSCCNC(=O)c1ccc(/N=N/c2ccc(N(C)C)cc2)cc1. The minimum absolute atomic E-state index is 0.000618. The van der Waals surface area contributed by atoms with Gasteiger partial charge in [0, 0.05) is 117 Å². The molecule has 17 nitrogen and oxygen atoms in total. The number of carbonyl (C=O) groups is 5. The summed E-state index contributed by atoms with van der Waals surface area (Å²) in [6, 6.07) is 31.2. The lowest BCUT2D eigenvalue weighted by atomic mass is 9.81. The Morgan fingerprint density at radius 2 is 1.37 bits per heavy atom. The minimum Gasteiger partial charge on any atom is -0.392 e. The van der Waals surface area contributed by atoms with E-state index in [2.05, 4.69) is 181 Å². The first-order chi connectivity index (χ1) is 43.8. The molecular weight excluding hydrogens is 1210 g/mol. The van der Waals surface area contributed by atoms with Crippen LogP contribution < -0.4 is 36.4 Å². The zero-order valence-corrected chi connectivity index (χ0v) is 59.3. The molecule has 6 rings (SSSR count). The standard InChI is InChI=1S/C72H100N10O7S2Si/c1-15-43-75-69(87)60(77-66(84)42-49-90-91-50-46-76-68(86)54-34-36-55(37-35-54)78-79-56-38-40-57(41-39-56)80(12)13)28-22-23-44-73-67(85)51-70(6,7)89-92(52(2)3,53(4)5)88-48-45-74-65(83)33-17-16-24-47-82-62-30-21-19-27-59(62)72(10,11)64(82)32-25-31-63-71(8,9)58-26-18-20-29-61(58)81(63)14/h1,18-21,25-27,29-32,34-41,52-53,60H,16-17,22-24,28,33,42-51H2,2-14H3,(H4-,73,74,75,76,77,83,84,85,86,87)/p+1/b79-78+. The maximum atomic E-state index is 13.4. The molecule has 5 N–H and O–H groups in total. The number of unbranched alkanes of at least 4 members (excludes halogenated alkanes) is 3. The van der Waals surface area contributed by atoms with E-state index in [0.29, 0.717) is 74.7 Å². The van der Waals surface area contributed by atoms with Crippen LogP contribution in [0, 0.1) is 12.3 Å². The fraction of sp³-hybridized carbons (Fsp3) is 0.500. The van der Waals surface area contributed by atoms with E-state index in [1.807, 2.05) is 57.1 Å². The summed E-state index contributed by atoms with van der Waals surface area (Å²) in [6.45, 7) is 23.8. The smallest absolute Gasteiger partial charge is 0.343 e. The molecule has 5 amide bonds. The molecule has 0 bridgehead atoms. The molecule has 92 heavy (non-hydrogen) atoms. The van der Waals surface area contributed by atoms with Gasteiger partial charge in [0.15, 0.2) is 5.71 Å². The monoisotopic (exact) mass is 1310 g/mol. The normalized spacial score (nSPS) is 15.0. The van der Waals surface area contributed by atoms with E-state index in [9.17, 15) is 24.0 Å². The van der Waals surface area contributed by atoms with Crippen LogP contribution >= 0.6 is 21.6 Å². The summed E-state index contributed by atoms with van der Waals surface area (Å²) in [5.41, 5.74) is 9.67. The Kier molecular flexibility index (Phi) is 28.4. The third-order valence-corrected chi connectivity index (χ3v) is 24.1. The maximum absolute atomic E-state index is 13.4. The Balaban J connectivity index is 0.860. The fourth-order valence-corrected chi connectivity index (χ4v) is 17.8. The van der Waals surface area contributed by atoms with Gasteiger partial charge in [0.2, 0.25) is 29.3 Å². The number of allylic oxidation sites excluding steroid dienone is 4. The molecule has 20 heteroatoms. The number of nitrogens with zero attached hydrogens (tertiary/aromatic N) is 5. The van der Waals surface area contributed by atoms with E-state index in [1.54, 1.807) is 35.1 Å². The fourth-order valence-electron chi connectivity index (χ4n) is 12.0. The molecule has 0 spiro atoms. The lowest BCUT2D eigenvalue weighted by molar-refractivity contribution is -0.438. The van der Waals surface area contributed by atoms with Gasteiger partial charge in [-0.25, -0.2) is 0 Å². The Hall–Kier alpha value is -7.02. The van der Waals surface area contributed by atoms with E-state index < -0.39 is 20.2 Å². The first-order valence-electron chi connectivity index (χ1n) is 32.5. The third kappa shape index (κ3) is 21.0. The van der Waals surface area contributed by atoms with Crippen LogP contribution in [0.3, 0.4) is 0 Å². The van der Waals surface area contributed by atoms with Crippen LogP contribution in [-0.2, 0) is 38.9 Å². The third-order valence-electron chi connectivity index (χ3n) is 16.9. The van der Waals surface area contributed by atoms with Crippen LogP contribution in [-0.4, -0.2) is 132 Å². The largest absolute Gasteiger partial charge is 0.392 e. The molecule has 1 unspecified atom stereocenters. The van der Waals surface area contributed by atoms with Crippen molar-refractivity contribution in [1.82, 2.24) is 26.6 Å². The van der Waals surface area contributed by atoms with Gasteiger partial charge in [0.05, 0.1) is 42.0 Å². The molecule has 4 aromatic rings. The number of azo groups is 1. The molecule has 2 aliphatic rings. The highest BCUT2D eigenvalue weighted by atomic mass is 33.1. The van der Waals surface area contributed by atoms with E-state index in [-0.39, 0.29) is 70.8 Å². The van der Waals surface area contributed by atoms with Crippen LogP contribution in [0.1, 0.15) is 149 Å². The van der Waals surface area contributed by atoms with Crippen molar-refractivity contribution in [1.29, 1.82) is 0 Å². The number of fused-ring (bicyclic) bond motifs is 2. The number of terminal acetylenes is 1. The van der Waals surface area contributed by atoms with Gasteiger partial charge in [0.25, 0.3) is 5.91 Å². The van der Waals surface area contributed by atoms with Crippen LogP contribution in [0.25, 0.3) is 0 Å². The molecule has 0 aromatic heterocycles. The van der Waals surface area contributed by atoms with Crippen molar-refractivity contribution in [3.05, 3.63) is 138 Å². The molecule has 0 aliphatic carbocycles. The number of hydrogen-bond acceptors (Lipinski definition) is 13. The number of hydrogen-bond donors (Lipinski definition) is 5. The lowest BCUT2D eigenvalue weighted by Crippen LogP contribution is -2.55. The summed E-state index contributed by atoms with van der Waals surface area (Å²) in [5, 5.41) is 23.1. The lowest BCUT2D eigenvalue weighted by Gasteiger charge is -2.43. The number of carbonyl (C=O) groups excluding carboxylic acids is 5. The molecule has 2 heterocycles. The Morgan fingerprint density at radius 3 is 2.03 bits per heavy atom. The van der Waals surface area contributed by atoms with E-state index in [0.717, 1.165) is 37.2 Å². The summed E-state index contributed by atoms with van der Waals surface area (Å²) in [7, 11) is 6.23. The highest BCUT2D eigenvalue weighted by Gasteiger charge is 2.49. The molecule has 1 atom stereocenters. The number of anilines is 2. The summed E-state index contributed by atoms with van der Waals surface area (Å²) < 4.78 is 16.1. The number of rotatable bonds is 37. The van der Waals surface area contributed by atoms with Crippen LogP contribution in [0.4, 0.5) is 28.4 Å². The number of likely N-dealkylation sites (N-methyl/N-ethyl adjacent to an activating group) is 1. The average molecular weight is 1310 g/mol. The van der Waals surface area contributed by atoms with Gasteiger partial charge in [0.1, 0.15) is 12.6 Å². The van der Waals surface area contributed by atoms with Crippen LogP contribution in [0.15, 0.2) is 131 Å². The van der Waals surface area contributed by atoms with Crippen molar-refractivity contribution in [3.8, 4) is 12.3 Å². The Labute approximate surface area is 557 Å². The van der Waals surface area contributed by atoms with Gasteiger partial charge < -0.3 is 45.2 Å². The predicted molar refractivity (Wildman–Crippen MR) is 381 cm³/mol. The van der Waals surface area contributed by atoms with Crippen LogP contribution in [0.5, 0.6) is 0 Å². The molecule has 0 fully saturated rings. The van der Waals surface area contributed by atoms with Gasteiger partial charge in [-0.15, -0.1) is 6.42 Å². The maximum Gasteiger partial charge on any atom is 0.343 e. The number of amides is 5. The summed E-state index contributed by atoms with van der Waals surface area (Å²) in [5.74, 6) is 2.58.